The average molecular weight is 490 g/mol. The van der Waals surface area contributed by atoms with Crippen molar-refractivity contribution in [1.29, 1.82) is 0 Å². The van der Waals surface area contributed by atoms with E-state index in [-0.39, 0.29) is 28.0 Å². The van der Waals surface area contributed by atoms with Crippen LogP contribution in [0.3, 0.4) is 0 Å². The van der Waals surface area contributed by atoms with Gasteiger partial charge in [0.1, 0.15) is 4.90 Å². The molecule has 2 aromatic carbocycles. The first kappa shape index (κ1) is 23.4. The average Bonchev–Trinajstić information content (AvgIpc) is 3.09. The molecule has 0 unspecified atom stereocenters. The summed E-state index contributed by atoms with van der Waals surface area (Å²) in [5.41, 5.74) is 1.88. The fraction of sp³-hybridized carbons (Fsp3) is 0.348. The molecule has 0 saturated carbocycles. The van der Waals surface area contributed by atoms with Gasteiger partial charge in [-0.15, -0.1) is 0 Å². The normalized spacial score (nSPS) is 15.2. The minimum Gasteiger partial charge on any atom is -0.452 e. The summed E-state index contributed by atoms with van der Waals surface area (Å²) >= 11 is 6.20. The Balaban J connectivity index is 1.48. The molecule has 8 nitrogen and oxygen atoms in total. The summed E-state index contributed by atoms with van der Waals surface area (Å²) in [5, 5.41) is 4.00. The van der Waals surface area contributed by atoms with Crippen molar-refractivity contribution in [2.24, 2.45) is 0 Å². The van der Waals surface area contributed by atoms with Crippen molar-refractivity contribution in [2.75, 3.05) is 13.1 Å². The van der Waals surface area contributed by atoms with Crippen LogP contribution in [0.5, 0.6) is 0 Å². The Kier molecular flexibility index (Phi) is 7.11. The lowest BCUT2D eigenvalue weighted by atomic mass is 10.1. The molecule has 1 saturated heterocycles. The molecule has 0 amide bonds. The molecule has 1 aromatic heterocycles. The van der Waals surface area contributed by atoms with Crippen LogP contribution in [-0.4, -0.2) is 41.9 Å². The maximum Gasteiger partial charge on any atom is 0.338 e. The third-order valence-electron chi connectivity index (χ3n) is 5.53. The number of hydrogen-bond donors (Lipinski definition) is 0. The standard InChI is InChI=1S/C23H24ClN3O5S/c1-16-8-4-5-9-18(16)22-25-21(32-26-22)15-31-23(28)17-10-11-19(24)20(14-17)33(29,30)27-12-6-2-3-7-13-27/h4-5,8-11,14H,2-3,6-7,12-13,15H2,1H3. The van der Waals surface area contributed by atoms with E-state index in [1.807, 2.05) is 31.2 Å². The van der Waals surface area contributed by atoms with Crippen molar-refractivity contribution in [3.63, 3.8) is 0 Å². The molecule has 4 rings (SSSR count). The van der Waals surface area contributed by atoms with Crippen molar-refractivity contribution in [1.82, 2.24) is 14.4 Å². The van der Waals surface area contributed by atoms with Crippen LogP contribution >= 0.6 is 11.6 Å². The lowest BCUT2D eigenvalue weighted by Crippen LogP contribution is -2.32. The number of benzene rings is 2. The molecule has 1 aliphatic rings. The van der Waals surface area contributed by atoms with E-state index in [1.165, 1.54) is 22.5 Å². The van der Waals surface area contributed by atoms with E-state index in [0.717, 1.165) is 36.8 Å². The Hall–Kier alpha value is -2.75. The van der Waals surface area contributed by atoms with Gasteiger partial charge in [-0.05, 0) is 43.5 Å². The van der Waals surface area contributed by atoms with Crippen LogP contribution in [0, 0.1) is 6.92 Å². The van der Waals surface area contributed by atoms with Gasteiger partial charge in [0.05, 0.1) is 10.6 Å². The summed E-state index contributed by atoms with van der Waals surface area (Å²) in [7, 11) is -3.82. The molecular formula is C23H24ClN3O5S. The van der Waals surface area contributed by atoms with Crippen LogP contribution in [0.25, 0.3) is 11.4 Å². The number of ether oxygens (including phenoxy) is 1. The molecule has 33 heavy (non-hydrogen) atoms. The molecule has 1 aliphatic heterocycles. The Morgan fingerprint density at radius 2 is 1.85 bits per heavy atom. The molecule has 2 heterocycles. The lowest BCUT2D eigenvalue weighted by molar-refractivity contribution is 0.0429. The highest BCUT2D eigenvalue weighted by Crippen LogP contribution is 2.28. The predicted octanol–water partition coefficient (Wildman–Crippen LogP) is 4.62. The third-order valence-corrected chi connectivity index (χ3v) is 7.91. The van der Waals surface area contributed by atoms with Crippen LogP contribution in [0.1, 0.15) is 47.5 Å². The molecule has 3 aromatic rings. The molecule has 0 atom stereocenters. The maximum absolute atomic E-state index is 13.1. The van der Waals surface area contributed by atoms with E-state index in [1.54, 1.807) is 0 Å². The first-order chi connectivity index (χ1) is 15.9. The predicted molar refractivity (Wildman–Crippen MR) is 122 cm³/mol. The fourth-order valence-electron chi connectivity index (χ4n) is 3.71. The number of halogens is 1. The number of sulfonamides is 1. The van der Waals surface area contributed by atoms with E-state index in [0.29, 0.717) is 18.9 Å². The monoisotopic (exact) mass is 489 g/mol. The van der Waals surface area contributed by atoms with E-state index in [9.17, 15) is 13.2 Å². The minimum absolute atomic E-state index is 0.0653. The zero-order chi connectivity index (χ0) is 23.4. The molecule has 1 fully saturated rings. The summed E-state index contributed by atoms with van der Waals surface area (Å²) < 4.78 is 38.2. The van der Waals surface area contributed by atoms with Crippen molar-refractivity contribution in [2.45, 2.75) is 44.1 Å². The summed E-state index contributed by atoms with van der Waals surface area (Å²) in [6, 6.07) is 11.7. The SMILES string of the molecule is Cc1ccccc1-c1noc(COC(=O)c2ccc(Cl)c(S(=O)(=O)N3CCCCCC3)c2)n1. The number of carbonyl (C=O) groups excluding carboxylic acids is 1. The molecule has 0 N–H and O–H groups in total. The van der Waals surface area contributed by atoms with Crippen molar-refractivity contribution in [3.05, 3.63) is 64.5 Å². The van der Waals surface area contributed by atoms with Crippen LogP contribution in [0.2, 0.25) is 5.02 Å². The van der Waals surface area contributed by atoms with Gasteiger partial charge in [-0.2, -0.15) is 9.29 Å². The zero-order valence-corrected chi connectivity index (χ0v) is 19.7. The maximum atomic E-state index is 13.1. The Bertz CT molecular complexity index is 1250. The summed E-state index contributed by atoms with van der Waals surface area (Å²) in [4.78, 5) is 16.8. The minimum atomic E-state index is -3.82. The van der Waals surface area contributed by atoms with Gasteiger partial charge in [0.25, 0.3) is 5.89 Å². The smallest absolute Gasteiger partial charge is 0.338 e. The number of aromatic nitrogens is 2. The number of nitrogens with zero attached hydrogens (tertiary/aromatic N) is 3. The summed E-state index contributed by atoms with van der Waals surface area (Å²) in [6.07, 6.45) is 3.58. The first-order valence-corrected chi connectivity index (χ1v) is 12.5. The second kappa shape index (κ2) is 10.0. The second-order valence-corrected chi connectivity index (χ2v) is 10.2. The number of esters is 1. The van der Waals surface area contributed by atoms with Gasteiger partial charge in [0.2, 0.25) is 15.8 Å². The van der Waals surface area contributed by atoms with Crippen molar-refractivity contribution < 1.29 is 22.5 Å². The molecule has 0 bridgehead atoms. The Labute approximate surface area is 197 Å². The van der Waals surface area contributed by atoms with Crippen LogP contribution in [0.4, 0.5) is 0 Å². The zero-order valence-electron chi connectivity index (χ0n) is 18.2. The van der Waals surface area contributed by atoms with Gasteiger partial charge in [-0.3, -0.25) is 0 Å². The van der Waals surface area contributed by atoms with Gasteiger partial charge in [0.15, 0.2) is 6.61 Å². The second-order valence-electron chi connectivity index (χ2n) is 7.87. The number of aryl methyl sites for hydroxylation is 1. The highest BCUT2D eigenvalue weighted by molar-refractivity contribution is 7.89. The van der Waals surface area contributed by atoms with Crippen molar-refractivity contribution >= 4 is 27.6 Å². The van der Waals surface area contributed by atoms with Gasteiger partial charge >= 0.3 is 5.97 Å². The molecule has 0 spiro atoms. The Morgan fingerprint density at radius 1 is 1.12 bits per heavy atom. The van der Waals surface area contributed by atoms with Gasteiger partial charge in [-0.1, -0.05) is 53.9 Å². The van der Waals surface area contributed by atoms with E-state index < -0.39 is 16.0 Å². The summed E-state index contributed by atoms with van der Waals surface area (Å²) in [6.45, 7) is 2.57. The molecule has 10 heteroatoms. The topological polar surface area (TPSA) is 103 Å². The van der Waals surface area contributed by atoms with Gasteiger partial charge in [-0.25, -0.2) is 13.2 Å². The van der Waals surface area contributed by atoms with Crippen LogP contribution < -0.4 is 0 Å². The first-order valence-electron chi connectivity index (χ1n) is 10.7. The molecule has 174 valence electrons. The molecule has 0 aliphatic carbocycles. The van der Waals surface area contributed by atoms with E-state index in [2.05, 4.69) is 10.1 Å². The number of rotatable bonds is 6. The number of carbonyl (C=O) groups is 1. The summed E-state index contributed by atoms with van der Waals surface area (Å²) in [5.74, 6) is -0.181. The van der Waals surface area contributed by atoms with E-state index in [4.69, 9.17) is 20.9 Å². The molecular weight excluding hydrogens is 466 g/mol. The third kappa shape index (κ3) is 5.26. The highest BCUT2D eigenvalue weighted by Gasteiger charge is 2.28. The van der Waals surface area contributed by atoms with Crippen molar-refractivity contribution in [3.8, 4) is 11.4 Å². The Morgan fingerprint density at radius 3 is 2.58 bits per heavy atom. The van der Waals surface area contributed by atoms with Gasteiger partial charge in [0, 0.05) is 18.7 Å². The lowest BCUT2D eigenvalue weighted by Gasteiger charge is -2.20. The highest BCUT2D eigenvalue weighted by atomic mass is 35.5. The van der Waals surface area contributed by atoms with E-state index >= 15 is 0 Å². The quantitative estimate of drug-likeness (QED) is 0.465. The fourth-order valence-corrected chi connectivity index (χ4v) is 5.72. The molecule has 0 radical (unpaired) electrons. The van der Waals surface area contributed by atoms with Gasteiger partial charge < -0.3 is 9.26 Å². The largest absolute Gasteiger partial charge is 0.452 e. The number of hydrogen-bond acceptors (Lipinski definition) is 7. The van der Waals surface area contributed by atoms with Crippen LogP contribution in [-0.2, 0) is 21.4 Å². The van der Waals surface area contributed by atoms with Crippen LogP contribution in [0.15, 0.2) is 51.9 Å².